The third kappa shape index (κ3) is 3.59. The van der Waals surface area contributed by atoms with Crippen molar-refractivity contribution in [2.75, 3.05) is 26.5 Å². The lowest BCUT2D eigenvalue weighted by molar-refractivity contribution is -0.146. The Hall–Kier alpha value is -1.49. The number of likely N-dealkylation sites (tertiary alicyclic amines) is 1. The second-order valence-corrected chi connectivity index (χ2v) is 6.17. The van der Waals surface area contributed by atoms with Crippen LogP contribution in [0.25, 0.3) is 0 Å². The van der Waals surface area contributed by atoms with E-state index in [9.17, 15) is 9.59 Å². The van der Waals surface area contributed by atoms with Crippen molar-refractivity contribution in [1.82, 2.24) is 4.90 Å². The zero-order valence-corrected chi connectivity index (χ0v) is 13.5. The Morgan fingerprint density at radius 1 is 1.38 bits per heavy atom. The summed E-state index contributed by atoms with van der Waals surface area (Å²) in [6.45, 7) is 3.10. The summed E-state index contributed by atoms with van der Waals surface area (Å²) < 4.78 is 4.80. The summed E-state index contributed by atoms with van der Waals surface area (Å²) in [4.78, 5) is 27.2. The van der Waals surface area contributed by atoms with Gasteiger partial charge in [0.2, 0.25) is 0 Å². The molecule has 0 spiro atoms. The van der Waals surface area contributed by atoms with Gasteiger partial charge in [0.1, 0.15) is 0 Å². The molecular weight excluding hydrogens is 286 g/mol. The molecule has 5 heteroatoms. The lowest BCUT2D eigenvalue weighted by Crippen LogP contribution is -2.42. The topological polar surface area (TPSA) is 46.6 Å². The van der Waals surface area contributed by atoms with Gasteiger partial charge in [-0.2, -0.15) is 0 Å². The van der Waals surface area contributed by atoms with E-state index >= 15 is 0 Å². The largest absolute Gasteiger partial charge is 0.469 e. The molecule has 1 amide bonds. The molecule has 0 saturated carbocycles. The van der Waals surface area contributed by atoms with Crippen molar-refractivity contribution >= 4 is 23.6 Å². The van der Waals surface area contributed by atoms with E-state index in [-0.39, 0.29) is 17.8 Å². The maximum absolute atomic E-state index is 12.7. The molecule has 4 nitrogen and oxygen atoms in total. The Balaban J connectivity index is 2.17. The highest BCUT2D eigenvalue weighted by Gasteiger charge is 2.30. The SMILES string of the molecule is COC(=O)[C@H]1CCCN(C(=O)c2cc(SC)ccc2C)C1. The molecule has 0 bridgehead atoms. The van der Waals surface area contributed by atoms with Crippen LogP contribution in [-0.2, 0) is 9.53 Å². The fourth-order valence-corrected chi connectivity index (χ4v) is 3.09. The van der Waals surface area contributed by atoms with Crippen molar-refractivity contribution in [1.29, 1.82) is 0 Å². The predicted molar refractivity (Wildman–Crippen MR) is 83.6 cm³/mol. The van der Waals surface area contributed by atoms with Gasteiger partial charge in [0.25, 0.3) is 5.91 Å². The van der Waals surface area contributed by atoms with Crippen LogP contribution in [0.4, 0.5) is 0 Å². The standard InChI is InChI=1S/C16H21NO3S/c1-11-6-7-13(21-3)9-14(11)15(18)17-8-4-5-12(10-17)16(19)20-2/h6-7,9,12H,4-5,8,10H2,1-3H3/t12-/m0/s1. The second kappa shape index (κ2) is 6.98. The van der Waals surface area contributed by atoms with Crippen LogP contribution < -0.4 is 0 Å². The number of benzene rings is 1. The van der Waals surface area contributed by atoms with Crippen LogP contribution in [0, 0.1) is 12.8 Å². The first-order chi connectivity index (χ1) is 10.1. The van der Waals surface area contributed by atoms with E-state index in [1.165, 1.54) is 7.11 Å². The van der Waals surface area contributed by atoms with Crippen LogP contribution >= 0.6 is 11.8 Å². The Kier molecular flexibility index (Phi) is 5.28. The third-order valence-corrected chi connectivity index (χ3v) is 4.64. The van der Waals surface area contributed by atoms with E-state index in [1.54, 1.807) is 16.7 Å². The minimum absolute atomic E-state index is 0.0111. The molecule has 114 valence electrons. The fraction of sp³-hybridized carbons (Fsp3) is 0.500. The Morgan fingerprint density at radius 3 is 2.81 bits per heavy atom. The number of ether oxygens (including phenoxy) is 1. The van der Waals surface area contributed by atoms with Gasteiger partial charge in [-0.15, -0.1) is 11.8 Å². The van der Waals surface area contributed by atoms with Crippen LogP contribution in [0.1, 0.15) is 28.8 Å². The van der Waals surface area contributed by atoms with Crippen LogP contribution in [0.5, 0.6) is 0 Å². The minimum Gasteiger partial charge on any atom is -0.469 e. The third-order valence-electron chi connectivity index (χ3n) is 3.92. The van der Waals surface area contributed by atoms with Crippen molar-refractivity contribution < 1.29 is 14.3 Å². The highest BCUT2D eigenvalue weighted by Crippen LogP contribution is 2.23. The van der Waals surface area contributed by atoms with Gasteiger partial charge in [0, 0.05) is 23.5 Å². The quantitative estimate of drug-likeness (QED) is 0.636. The number of carbonyl (C=O) groups excluding carboxylic acids is 2. The Morgan fingerprint density at radius 2 is 2.14 bits per heavy atom. The summed E-state index contributed by atoms with van der Waals surface area (Å²) in [5.74, 6) is -0.407. The maximum atomic E-state index is 12.7. The van der Waals surface area contributed by atoms with Gasteiger partial charge in [-0.1, -0.05) is 6.07 Å². The lowest BCUT2D eigenvalue weighted by Gasteiger charge is -2.31. The van der Waals surface area contributed by atoms with Gasteiger partial charge in [-0.05, 0) is 43.7 Å². The average Bonchev–Trinajstić information content (AvgIpc) is 2.54. The summed E-state index contributed by atoms with van der Waals surface area (Å²) in [6, 6.07) is 5.93. The summed E-state index contributed by atoms with van der Waals surface area (Å²) >= 11 is 1.62. The zero-order chi connectivity index (χ0) is 15.4. The number of amides is 1. The fourth-order valence-electron chi connectivity index (χ4n) is 2.65. The first-order valence-electron chi connectivity index (χ1n) is 7.08. The van der Waals surface area contributed by atoms with Crippen molar-refractivity contribution in [2.45, 2.75) is 24.7 Å². The van der Waals surface area contributed by atoms with E-state index in [2.05, 4.69) is 0 Å². The number of rotatable bonds is 3. The van der Waals surface area contributed by atoms with Crippen molar-refractivity contribution in [3.63, 3.8) is 0 Å². The molecule has 0 aliphatic carbocycles. The van der Waals surface area contributed by atoms with Crippen LogP contribution in [0.3, 0.4) is 0 Å². The molecule has 1 aromatic carbocycles. The van der Waals surface area contributed by atoms with Gasteiger partial charge in [-0.25, -0.2) is 0 Å². The van der Waals surface area contributed by atoms with Gasteiger partial charge >= 0.3 is 5.97 Å². The van der Waals surface area contributed by atoms with E-state index in [0.717, 1.165) is 28.9 Å². The molecule has 2 rings (SSSR count). The number of piperidine rings is 1. The monoisotopic (exact) mass is 307 g/mol. The number of hydrogen-bond donors (Lipinski definition) is 0. The molecular formula is C16H21NO3S. The van der Waals surface area contributed by atoms with Crippen LogP contribution in [0.15, 0.2) is 23.1 Å². The number of thioether (sulfide) groups is 1. The smallest absolute Gasteiger partial charge is 0.310 e. The molecule has 1 atom stereocenters. The van der Waals surface area contributed by atoms with Crippen molar-refractivity contribution in [3.05, 3.63) is 29.3 Å². The predicted octanol–water partition coefficient (Wildman–Crippen LogP) is 2.74. The van der Waals surface area contributed by atoms with Gasteiger partial charge in [-0.3, -0.25) is 9.59 Å². The molecule has 0 radical (unpaired) electrons. The number of nitrogens with zero attached hydrogens (tertiary/aromatic N) is 1. The van der Waals surface area contributed by atoms with E-state index in [0.29, 0.717) is 13.1 Å². The normalized spacial score (nSPS) is 18.4. The lowest BCUT2D eigenvalue weighted by atomic mass is 9.97. The highest BCUT2D eigenvalue weighted by molar-refractivity contribution is 7.98. The van der Waals surface area contributed by atoms with Gasteiger partial charge in [0.05, 0.1) is 13.0 Å². The first kappa shape index (κ1) is 15.9. The number of esters is 1. The molecule has 21 heavy (non-hydrogen) atoms. The maximum Gasteiger partial charge on any atom is 0.310 e. The van der Waals surface area contributed by atoms with Crippen molar-refractivity contribution in [3.8, 4) is 0 Å². The number of hydrogen-bond acceptors (Lipinski definition) is 4. The molecule has 1 aliphatic heterocycles. The van der Waals surface area contributed by atoms with E-state index in [4.69, 9.17) is 4.74 Å². The van der Waals surface area contributed by atoms with E-state index < -0.39 is 0 Å². The molecule has 0 aromatic heterocycles. The molecule has 0 N–H and O–H groups in total. The van der Waals surface area contributed by atoms with Gasteiger partial charge in [0.15, 0.2) is 0 Å². The summed E-state index contributed by atoms with van der Waals surface area (Å²) in [7, 11) is 1.40. The van der Waals surface area contributed by atoms with Gasteiger partial charge < -0.3 is 9.64 Å². The number of methoxy groups -OCH3 is 1. The Labute approximate surface area is 129 Å². The van der Waals surface area contributed by atoms with E-state index in [1.807, 2.05) is 31.4 Å². The summed E-state index contributed by atoms with van der Waals surface area (Å²) in [5, 5.41) is 0. The summed E-state index contributed by atoms with van der Waals surface area (Å²) in [6.07, 6.45) is 3.63. The molecule has 1 saturated heterocycles. The highest BCUT2D eigenvalue weighted by atomic mass is 32.2. The number of aryl methyl sites for hydroxylation is 1. The zero-order valence-electron chi connectivity index (χ0n) is 12.7. The van der Waals surface area contributed by atoms with Crippen LogP contribution in [0.2, 0.25) is 0 Å². The molecule has 1 aliphatic rings. The van der Waals surface area contributed by atoms with Crippen molar-refractivity contribution in [2.24, 2.45) is 5.92 Å². The number of carbonyl (C=O) groups is 2. The molecule has 0 unspecified atom stereocenters. The average molecular weight is 307 g/mol. The second-order valence-electron chi connectivity index (χ2n) is 5.29. The summed E-state index contributed by atoms with van der Waals surface area (Å²) in [5.41, 5.74) is 1.70. The Bertz CT molecular complexity index is 544. The van der Waals surface area contributed by atoms with Crippen LogP contribution in [-0.4, -0.2) is 43.2 Å². The first-order valence-corrected chi connectivity index (χ1v) is 8.31. The molecule has 1 aromatic rings. The molecule has 1 fully saturated rings. The molecule has 1 heterocycles. The minimum atomic E-state index is -0.220.